The normalized spacial score (nSPS) is 21.1. The molecule has 0 saturated carbocycles. The van der Waals surface area contributed by atoms with E-state index in [0.717, 1.165) is 42.4 Å². The minimum Gasteiger partial charge on any atom is -0.356 e. The summed E-state index contributed by atoms with van der Waals surface area (Å²) in [5.74, 6) is 1.82. The lowest BCUT2D eigenvalue weighted by molar-refractivity contribution is 0.112. The number of carbonyl (C=O) groups is 1. The molecule has 0 bridgehead atoms. The van der Waals surface area contributed by atoms with Crippen molar-refractivity contribution < 1.29 is 4.79 Å². The van der Waals surface area contributed by atoms with Crippen LogP contribution in [0.5, 0.6) is 0 Å². The van der Waals surface area contributed by atoms with E-state index in [-0.39, 0.29) is 0 Å². The molecule has 0 atom stereocenters. The number of anilines is 1. The average molecular weight is 290 g/mol. The Balaban J connectivity index is 1.61. The second-order valence-electron chi connectivity index (χ2n) is 6.50. The molecule has 0 radical (unpaired) electrons. The molecule has 3 heterocycles. The topological polar surface area (TPSA) is 41.4 Å². The van der Waals surface area contributed by atoms with Crippen LogP contribution < -0.4 is 4.90 Å². The molecular weight excluding hydrogens is 264 g/mol. The van der Waals surface area contributed by atoms with Crippen LogP contribution in [0.2, 0.25) is 0 Å². The van der Waals surface area contributed by atoms with E-state index in [1.54, 1.807) is 0 Å². The summed E-state index contributed by atoms with van der Waals surface area (Å²) < 4.78 is 1.86. The fourth-order valence-electron chi connectivity index (χ4n) is 3.83. The van der Waals surface area contributed by atoms with Gasteiger partial charge in [-0.25, -0.2) is 0 Å². The van der Waals surface area contributed by atoms with Gasteiger partial charge in [0, 0.05) is 26.7 Å². The summed E-state index contributed by atoms with van der Waals surface area (Å²) >= 11 is 0. The van der Waals surface area contributed by atoms with Crippen LogP contribution in [0.3, 0.4) is 0 Å². The van der Waals surface area contributed by atoms with Crippen LogP contribution >= 0.6 is 0 Å². The quantitative estimate of drug-likeness (QED) is 0.794. The number of hydrogen-bond donors (Lipinski definition) is 0. The van der Waals surface area contributed by atoms with Gasteiger partial charge in [-0.1, -0.05) is 0 Å². The highest BCUT2D eigenvalue weighted by molar-refractivity contribution is 5.84. The highest BCUT2D eigenvalue weighted by Gasteiger charge is 2.26. The van der Waals surface area contributed by atoms with Gasteiger partial charge in [0.2, 0.25) is 0 Å². The molecule has 21 heavy (non-hydrogen) atoms. The lowest BCUT2D eigenvalue weighted by atomic mass is 9.96. The summed E-state index contributed by atoms with van der Waals surface area (Å²) in [7, 11) is 1.94. The van der Waals surface area contributed by atoms with E-state index in [2.05, 4.69) is 14.9 Å². The van der Waals surface area contributed by atoms with E-state index < -0.39 is 0 Å². The zero-order valence-electron chi connectivity index (χ0n) is 13.2. The monoisotopic (exact) mass is 290 g/mol. The van der Waals surface area contributed by atoms with Gasteiger partial charge in [-0.15, -0.1) is 0 Å². The van der Waals surface area contributed by atoms with Crippen LogP contribution in [0.25, 0.3) is 0 Å². The van der Waals surface area contributed by atoms with E-state index in [4.69, 9.17) is 0 Å². The number of aryl methyl sites for hydroxylation is 2. The third-order valence-corrected chi connectivity index (χ3v) is 4.98. The van der Waals surface area contributed by atoms with Crippen molar-refractivity contribution in [1.29, 1.82) is 0 Å². The first-order valence-electron chi connectivity index (χ1n) is 8.15. The van der Waals surface area contributed by atoms with E-state index in [1.807, 2.05) is 18.7 Å². The highest BCUT2D eigenvalue weighted by atomic mass is 16.1. The van der Waals surface area contributed by atoms with Crippen molar-refractivity contribution in [1.82, 2.24) is 14.7 Å². The summed E-state index contributed by atoms with van der Waals surface area (Å²) in [6.45, 7) is 7.83. The molecule has 116 valence electrons. The summed E-state index contributed by atoms with van der Waals surface area (Å²) in [5, 5.41) is 4.39. The van der Waals surface area contributed by atoms with Crippen molar-refractivity contribution in [2.24, 2.45) is 13.0 Å². The fraction of sp³-hybridized carbons (Fsp3) is 0.750. The lowest BCUT2D eigenvalue weighted by Crippen LogP contribution is -2.39. The van der Waals surface area contributed by atoms with E-state index >= 15 is 0 Å². The summed E-state index contributed by atoms with van der Waals surface area (Å²) in [5.41, 5.74) is 1.59. The number of hydrogen-bond acceptors (Lipinski definition) is 4. The molecule has 2 saturated heterocycles. The Morgan fingerprint density at radius 1 is 1.19 bits per heavy atom. The molecule has 1 aromatic heterocycles. The maximum Gasteiger partial charge on any atom is 0.155 e. The van der Waals surface area contributed by atoms with Crippen LogP contribution in [0.1, 0.15) is 41.7 Å². The molecule has 2 aliphatic rings. The summed E-state index contributed by atoms with van der Waals surface area (Å²) in [4.78, 5) is 16.3. The Bertz CT molecular complexity index is 497. The number of likely N-dealkylation sites (tertiary alicyclic amines) is 1. The van der Waals surface area contributed by atoms with Crippen LogP contribution in [0, 0.1) is 12.8 Å². The van der Waals surface area contributed by atoms with Crippen LogP contribution in [-0.4, -0.2) is 53.7 Å². The SMILES string of the molecule is Cc1nn(C)c(N2CCC(CN3CCCC3)CC2)c1C=O. The molecule has 0 aromatic carbocycles. The lowest BCUT2D eigenvalue weighted by Gasteiger charge is -2.35. The van der Waals surface area contributed by atoms with Crippen molar-refractivity contribution in [3.63, 3.8) is 0 Å². The second-order valence-corrected chi connectivity index (χ2v) is 6.50. The minimum absolute atomic E-state index is 0.760. The number of aromatic nitrogens is 2. The Kier molecular flexibility index (Phi) is 4.29. The Labute approximate surface area is 126 Å². The first-order chi connectivity index (χ1) is 10.2. The number of piperidine rings is 1. The number of carbonyl (C=O) groups excluding carboxylic acids is 1. The molecule has 2 fully saturated rings. The zero-order valence-corrected chi connectivity index (χ0v) is 13.2. The number of aldehydes is 1. The molecule has 0 unspecified atom stereocenters. The van der Waals surface area contributed by atoms with Gasteiger partial charge in [0.15, 0.2) is 6.29 Å². The summed E-state index contributed by atoms with van der Waals surface area (Å²) in [6, 6.07) is 0. The van der Waals surface area contributed by atoms with E-state index in [9.17, 15) is 4.79 Å². The smallest absolute Gasteiger partial charge is 0.155 e. The molecule has 5 heteroatoms. The molecular formula is C16H26N4O. The molecule has 1 aromatic rings. The predicted molar refractivity (Wildman–Crippen MR) is 83.9 cm³/mol. The van der Waals surface area contributed by atoms with Gasteiger partial charge < -0.3 is 9.80 Å². The summed E-state index contributed by atoms with van der Waals surface area (Å²) in [6.07, 6.45) is 6.14. The minimum atomic E-state index is 0.760. The van der Waals surface area contributed by atoms with Crippen LogP contribution in [0.15, 0.2) is 0 Å². The molecule has 0 aliphatic carbocycles. The molecule has 5 nitrogen and oxygen atoms in total. The largest absolute Gasteiger partial charge is 0.356 e. The second kappa shape index (κ2) is 6.18. The maximum absolute atomic E-state index is 11.3. The van der Waals surface area contributed by atoms with Gasteiger partial charge in [-0.3, -0.25) is 9.48 Å². The van der Waals surface area contributed by atoms with Crippen molar-refractivity contribution >= 4 is 12.1 Å². The first-order valence-corrected chi connectivity index (χ1v) is 8.15. The van der Waals surface area contributed by atoms with Gasteiger partial charge in [-0.05, 0) is 51.6 Å². The van der Waals surface area contributed by atoms with Crippen molar-refractivity contribution in [3.05, 3.63) is 11.3 Å². The van der Waals surface area contributed by atoms with Gasteiger partial charge >= 0.3 is 0 Å². The van der Waals surface area contributed by atoms with E-state index in [1.165, 1.54) is 45.3 Å². The average Bonchev–Trinajstić information content (AvgIpc) is 3.07. The first kappa shape index (κ1) is 14.6. The highest BCUT2D eigenvalue weighted by Crippen LogP contribution is 2.27. The Morgan fingerprint density at radius 2 is 1.86 bits per heavy atom. The molecule has 0 spiro atoms. The van der Waals surface area contributed by atoms with Crippen molar-refractivity contribution in [3.8, 4) is 0 Å². The standard InChI is InChI=1S/C16H26N4O/c1-13-15(12-21)16(18(2)17-13)20-9-5-14(6-10-20)11-19-7-3-4-8-19/h12,14H,3-11H2,1-2H3. The fourth-order valence-corrected chi connectivity index (χ4v) is 3.83. The van der Waals surface area contributed by atoms with E-state index in [0.29, 0.717) is 0 Å². The number of rotatable bonds is 4. The van der Waals surface area contributed by atoms with Gasteiger partial charge in [0.25, 0.3) is 0 Å². The molecule has 2 aliphatic heterocycles. The maximum atomic E-state index is 11.3. The molecule has 0 N–H and O–H groups in total. The molecule has 0 amide bonds. The van der Waals surface area contributed by atoms with Crippen LogP contribution in [-0.2, 0) is 7.05 Å². The van der Waals surface area contributed by atoms with Gasteiger partial charge in [-0.2, -0.15) is 5.10 Å². The van der Waals surface area contributed by atoms with Gasteiger partial charge in [0.05, 0.1) is 11.3 Å². The Hall–Kier alpha value is -1.36. The van der Waals surface area contributed by atoms with Crippen LogP contribution in [0.4, 0.5) is 5.82 Å². The van der Waals surface area contributed by atoms with Gasteiger partial charge in [0.1, 0.15) is 5.82 Å². The van der Waals surface area contributed by atoms with Crippen molar-refractivity contribution in [2.45, 2.75) is 32.6 Å². The third-order valence-electron chi connectivity index (χ3n) is 4.98. The third kappa shape index (κ3) is 2.98. The zero-order chi connectivity index (χ0) is 14.8. The predicted octanol–water partition coefficient (Wildman–Crippen LogP) is 1.85. The number of nitrogens with zero attached hydrogens (tertiary/aromatic N) is 4. The van der Waals surface area contributed by atoms with Crippen molar-refractivity contribution in [2.75, 3.05) is 37.6 Å². The Morgan fingerprint density at radius 3 is 2.48 bits per heavy atom. The molecule has 3 rings (SSSR count).